The average Bonchev–Trinajstić information content (AvgIpc) is 2.18. The Balaban J connectivity index is 2.71. The van der Waals surface area contributed by atoms with E-state index in [4.69, 9.17) is 0 Å². The normalized spacial score (nSPS) is 25.1. The van der Waals surface area contributed by atoms with Crippen LogP contribution in [0.15, 0.2) is 10.5 Å². The Morgan fingerprint density at radius 3 is 2.27 bits per heavy atom. The van der Waals surface area contributed by atoms with Gasteiger partial charge in [0.25, 0.3) is 0 Å². The van der Waals surface area contributed by atoms with Crippen molar-refractivity contribution < 1.29 is 19.0 Å². The van der Waals surface area contributed by atoms with Crippen LogP contribution in [0.3, 0.4) is 0 Å². The molecular weight excluding hydrogens is 270 g/mol. The highest BCUT2D eigenvalue weighted by molar-refractivity contribution is 9.10. The van der Waals surface area contributed by atoms with Crippen LogP contribution >= 0.6 is 15.9 Å². The Hall–Kier alpha value is -0.520. The van der Waals surface area contributed by atoms with E-state index in [0.29, 0.717) is 10.9 Å². The molecule has 0 bridgehead atoms. The Morgan fingerprint density at radius 2 is 1.67 bits per heavy atom. The fraction of sp³-hybridized carbons (Fsp3) is 0.400. The highest BCUT2D eigenvalue weighted by Crippen LogP contribution is 2.42. The topological polar surface area (TPSA) is 40.5 Å². The zero-order valence-corrected chi connectivity index (χ0v) is 9.26. The first kappa shape index (κ1) is 11.0. The summed E-state index contributed by atoms with van der Waals surface area (Å²) < 4.78 is 26.8. The lowest BCUT2D eigenvalue weighted by Gasteiger charge is -2.27. The molecule has 1 aliphatic rings. The summed E-state index contributed by atoms with van der Waals surface area (Å²) in [5.41, 5.74) is 0.133. The van der Waals surface area contributed by atoms with Crippen LogP contribution in [0.5, 0.6) is 0 Å². The monoisotopic (exact) mass is 278 g/mol. The lowest BCUT2D eigenvalue weighted by atomic mass is 9.87. The van der Waals surface area contributed by atoms with E-state index >= 15 is 0 Å². The third-order valence-corrected chi connectivity index (χ3v) is 3.28. The molecule has 2 unspecified atom stereocenters. The number of rotatable bonds is 0. The fourth-order valence-electron chi connectivity index (χ4n) is 1.90. The molecule has 2 N–H and O–H groups in total. The predicted octanol–water partition coefficient (Wildman–Crippen LogP) is 2.59. The summed E-state index contributed by atoms with van der Waals surface area (Å²) in [7, 11) is 0. The van der Waals surface area contributed by atoms with Crippen molar-refractivity contribution >= 4 is 15.9 Å². The highest BCUT2D eigenvalue weighted by atomic mass is 79.9. The molecule has 0 saturated heterocycles. The van der Waals surface area contributed by atoms with Crippen LogP contribution in [0.2, 0.25) is 0 Å². The molecule has 0 aromatic heterocycles. The van der Waals surface area contributed by atoms with Crippen LogP contribution in [-0.2, 0) is 0 Å². The van der Waals surface area contributed by atoms with Gasteiger partial charge < -0.3 is 10.2 Å². The molecule has 0 aliphatic heterocycles. The third-order valence-electron chi connectivity index (χ3n) is 2.63. The van der Waals surface area contributed by atoms with Gasteiger partial charge in [-0.1, -0.05) is 15.9 Å². The minimum Gasteiger partial charge on any atom is -0.388 e. The summed E-state index contributed by atoms with van der Waals surface area (Å²) in [5.74, 6) is -2.09. The van der Waals surface area contributed by atoms with Crippen molar-refractivity contribution in [2.45, 2.75) is 25.0 Å². The lowest BCUT2D eigenvalue weighted by Crippen LogP contribution is -2.17. The molecule has 2 atom stereocenters. The molecule has 15 heavy (non-hydrogen) atoms. The van der Waals surface area contributed by atoms with E-state index in [0.717, 1.165) is 6.07 Å². The maximum atomic E-state index is 13.4. The van der Waals surface area contributed by atoms with Gasteiger partial charge in [-0.3, -0.25) is 0 Å². The van der Waals surface area contributed by atoms with Gasteiger partial charge in [-0.25, -0.2) is 8.78 Å². The molecule has 82 valence electrons. The highest BCUT2D eigenvalue weighted by Gasteiger charge is 2.31. The number of aliphatic hydroxyl groups excluding tert-OH is 2. The van der Waals surface area contributed by atoms with Gasteiger partial charge in [0, 0.05) is 15.6 Å². The van der Waals surface area contributed by atoms with Gasteiger partial charge in [-0.15, -0.1) is 0 Å². The molecule has 5 heteroatoms. The average molecular weight is 279 g/mol. The number of hydrogen-bond acceptors (Lipinski definition) is 2. The molecule has 1 aliphatic carbocycles. The van der Waals surface area contributed by atoms with E-state index in [-0.39, 0.29) is 17.5 Å². The summed E-state index contributed by atoms with van der Waals surface area (Å²) in [5, 5.41) is 19.2. The Kier molecular flexibility index (Phi) is 2.79. The number of hydrogen-bond donors (Lipinski definition) is 2. The molecular formula is C10H9BrF2O2. The molecule has 0 heterocycles. The van der Waals surface area contributed by atoms with Gasteiger partial charge in [-0.05, 0) is 18.9 Å². The Morgan fingerprint density at radius 1 is 1.13 bits per heavy atom. The first-order chi connectivity index (χ1) is 7.02. The van der Waals surface area contributed by atoms with Crippen molar-refractivity contribution in [3.63, 3.8) is 0 Å². The minimum atomic E-state index is -1.07. The van der Waals surface area contributed by atoms with Crippen molar-refractivity contribution in [1.29, 1.82) is 0 Å². The SMILES string of the molecule is OC1CCC(O)c2c(F)c(F)cc(Br)c21. The van der Waals surface area contributed by atoms with Crippen LogP contribution in [0.25, 0.3) is 0 Å². The Bertz CT molecular complexity index is 409. The van der Waals surface area contributed by atoms with E-state index in [1.165, 1.54) is 0 Å². The molecule has 2 nitrogen and oxygen atoms in total. The van der Waals surface area contributed by atoms with Crippen LogP contribution < -0.4 is 0 Å². The van der Waals surface area contributed by atoms with Crippen LogP contribution in [0.1, 0.15) is 36.2 Å². The second-order valence-electron chi connectivity index (χ2n) is 3.59. The molecule has 0 saturated carbocycles. The molecule has 1 aromatic rings. The smallest absolute Gasteiger partial charge is 0.165 e. The van der Waals surface area contributed by atoms with Gasteiger partial charge in [-0.2, -0.15) is 0 Å². The van der Waals surface area contributed by atoms with Gasteiger partial charge in [0.1, 0.15) is 0 Å². The second-order valence-corrected chi connectivity index (χ2v) is 4.44. The number of halogens is 3. The standard InChI is InChI=1S/C10H9BrF2O2/c11-4-3-5(12)10(13)9-7(15)2-1-6(14)8(4)9/h3,6-7,14-15H,1-2H2. The number of aliphatic hydroxyl groups is 2. The van der Waals surface area contributed by atoms with E-state index in [2.05, 4.69) is 15.9 Å². The first-order valence-electron chi connectivity index (χ1n) is 4.55. The van der Waals surface area contributed by atoms with E-state index in [1.807, 2.05) is 0 Å². The van der Waals surface area contributed by atoms with Crippen molar-refractivity contribution in [2.24, 2.45) is 0 Å². The van der Waals surface area contributed by atoms with Gasteiger partial charge in [0.05, 0.1) is 12.2 Å². The maximum absolute atomic E-state index is 13.4. The van der Waals surface area contributed by atoms with Crippen LogP contribution in [0, 0.1) is 11.6 Å². The molecule has 0 fully saturated rings. The summed E-state index contributed by atoms with van der Waals surface area (Å²) in [4.78, 5) is 0. The van der Waals surface area contributed by atoms with Crippen LogP contribution in [-0.4, -0.2) is 10.2 Å². The van der Waals surface area contributed by atoms with Gasteiger partial charge in [0.2, 0.25) is 0 Å². The van der Waals surface area contributed by atoms with Crippen LogP contribution in [0.4, 0.5) is 8.78 Å². The quantitative estimate of drug-likeness (QED) is 0.717. The van der Waals surface area contributed by atoms with Gasteiger partial charge in [0.15, 0.2) is 11.6 Å². The van der Waals surface area contributed by atoms with E-state index in [1.54, 1.807) is 0 Å². The fourth-order valence-corrected chi connectivity index (χ4v) is 2.58. The summed E-state index contributed by atoms with van der Waals surface area (Å²) >= 11 is 3.06. The maximum Gasteiger partial charge on any atom is 0.165 e. The molecule has 0 spiro atoms. The summed E-state index contributed by atoms with van der Waals surface area (Å²) in [6.45, 7) is 0. The van der Waals surface area contributed by atoms with Crippen molar-refractivity contribution in [3.05, 3.63) is 33.3 Å². The summed E-state index contributed by atoms with van der Waals surface area (Å²) in [6.07, 6.45) is -1.32. The lowest BCUT2D eigenvalue weighted by molar-refractivity contribution is 0.0863. The second kappa shape index (κ2) is 3.81. The predicted molar refractivity (Wildman–Crippen MR) is 53.2 cm³/mol. The summed E-state index contributed by atoms with van der Waals surface area (Å²) in [6, 6.07) is 0.968. The molecule has 0 radical (unpaired) electrons. The zero-order valence-electron chi connectivity index (χ0n) is 7.67. The van der Waals surface area contributed by atoms with E-state index < -0.39 is 23.8 Å². The number of fused-ring (bicyclic) bond motifs is 1. The third kappa shape index (κ3) is 1.68. The van der Waals surface area contributed by atoms with Gasteiger partial charge >= 0.3 is 0 Å². The minimum absolute atomic E-state index is 0.124. The number of benzene rings is 1. The largest absolute Gasteiger partial charge is 0.388 e. The van der Waals surface area contributed by atoms with Crippen molar-refractivity contribution in [1.82, 2.24) is 0 Å². The molecule has 0 amide bonds. The Labute approximate surface area is 93.7 Å². The molecule has 1 aromatic carbocycles. The molecule has 2 rings (SSSR count). The van der Waals surface area contributed by atoms with Crippen molar-refractivity contribution in [3.8, 4) is 0 Å². The van der Waals surface area contributed by atoms with E-state index in [9.17, 15) is 19.0 Å². The zero-order chi connectivity index (χ0) is 11.2. The van der Waals surface area contributed by atoms with Crippen molar-refractivity contribution in [2.75, 3.05) is 0 Å². The first-order valence-corrected chi connectivity index (χ1v) is 5.35.